The summed E-state index contributed by atoms with van der Waals surface area (Å²) in [4.78, 5) is 40.3. The molecule has 1 heterocycles. The van der Waals surface area contributed by atoms with Crippen molar-refractivity contribution in [3.8, 4) is 0 Å². The topological polar surface area (TPSA) is 66.9 Å². The Labute approximate surface area is 189 Å². The molecule has 0 N–H and O–H groups in total. The zero-order valence-corrected chi connectivity index (χ0v) is 17.6. The standard InChI is InChI=1S/C22H18F6N2O4/c1-34-20(33)17-12-29(18(31)13-2-6-15(7-3-13)21(23,24)25)10-11-30(17)19(32)14-4-8-16(9-5-14)22(26,27)28/h2-9,17H,10-12H2,1H3/t17-/m0/s1. The number of halogens is 6. The largest absolute Gasteiger partial charge is 0.467 e. The third-order valence-corrected chi connectivity index (χ3v) is 5.32. The van der Waals surface area contributed by atoms with Crippen molar-refractivity contribution in [3.05, 3.63) is 70.8 Å². The van der Waals surface area contributed by atoms with Crippen LogP contribution >= 0.6 is 0 Å². The van der Waals surface area contributed by atoms with Gasteiger partial charge in [0.25, 0.3) is 11.8 Å². The Balaban J connectivity index is 1.78. The lowest BCUT2D eigenvalue weighted by molar-refractivity contribution is -0.147. The fourth-order valence-electron chi connectivity index (χ4n) is 3.50. The maximum absolute atomic E-state index is 12.9. The number of carbonyl (C=O) groups excluding carboxylic acids is 3. The fourth-order valence-corrected chi connectivity index (χ4v) is 3.50. The van der Waals surface area contributed by atoms with Crippen molar-refractivity contribution < 1.29 is 45.5 Å². The van der Waals surface area contributed by atoms with E-state index in [2.05, 4.69) is 0 Å². The van der Waals surface area contributed by atoms with Crippen molar-refractivity contribution in [2.45, 2.75) is 18.4 Å². The number of piperazine rings is 1. The molecule has 0 saturated carbocycles. The van der Waals surface area contributed by atoms with Crippen LogP contribution in [0.3, 0.4) is 0 Å². The number of ether oxygens (including phenoxy) is 1. The SMILES string of the molecule is COC(=O)[C@@H]1CN(C(=O)c2ccc(C(F)(F)F)cc2)CCN1C(=O)c1ccc(C(F)(F)F)cc1. The van der Waals surface area contributed by atoms with E-state index in [1.807, 2.05) is 0 Å². The molecule has 2 aromatic carbocycles. The molecular weight excluding hydrogens is 470 g/mol. The van der Waals surface area contributed by atoms with Gasteiger partial charge in [-0.3, -0.25) is 9.59 Å². The molecule has 2 aromatic rings. The average molecular weight is 488 g/mol. The van der Waals surface area contributed by atoms with E-state index in [1.54, 1.807) is 0 Å². The third-order valence-electron chi connectivity index (χ3n) is 5.32. The van der Waals surface area contributed by atoms with Gasteiger partial charge in [-0.2, -0.15) is 26.3 Å². The number of methoxy groups -OCH3 is 1. The molecule has 6 nitrogen and oxygen atoms in total. The summed E-state index contributed by atoms with van der Waals surface area (Å²) in [7, 11) is 1.07. The Bertz CT molecular complexity index is 1060. The number of nitrogens with zero attached hydrogens (tertiary/aromatic N) is 2. The van der Waals surface area contributed by atoms with Crippen LogP contribution < -0.4 is 0 Å². The van der Waals surface area contributed by atoms with Gasteiger partial charge in [-0.25, -0.2) is 4.79 Å². The van der Waals surface area contributed by atoms with Crippen LogP contribution in [-0.2, 0) is 21.9 Å². The highest BCUT2D eigenvalue weighted by atomic mass is 19.4. The molecule has 0 unspecified atom stereocenters. The van der Waals surface area contributed by atoms with Crippen molar-refractivity contribution in [1.82, 2.24) is 9.80 Å². The minimum absolute atomic E-state index is 0.0425. The summed E-state index contributed by atoms with van der Waals surface area (Å²) >= 11 is 0. The predicted molar refractivity (Wildman–Crippen MR) is 106 cm³/mol. The number of hydrogen-bond donors (Lipinski definition) is 0. The summed E-state index contributed by atoms with van der Waals surface area (Å²) in [5, 5.41) is 0. The van der Waals surface area contributed by atoms with Crippen LogP contribution in [-0.4, -0.2) is 60.4 Å². The lowest BCUT2D eigenvalue weighted by Gasteiger charge is -2.40. The highest BCUT2D eigenvalue weighted by Gasteiger charge is 2.39. The first-order valence-corrected chi connectivity index (χ1v) is 9.85. The minimum atomic E-state index is -4.58. The molecule has 0 spiro atoms. The van der Waals surface area contributed by atoms with Crippen molar-refractivity contribution in [2.24, 2.45) is 0 Å². The van der Waals surface area contributed by atoms with E-state index >= 15 is 0 Å². The fraction of sp³-hybridized carbons (Fsp3) is 0.318. The molecule has 0 radical (unpaired) electrons. The second-order valence-electron chi connectivity index (χ2n) is 7.44. The average Bonchev–Trinajstić information content (AvgIpc) is 2.81. The molecule has 12 heteroatoms. The lowest BCUT2D eigenvalue weighted by Crippen LogP contribution is -2.59. The van der Waals surface area contributed by atoms with Crippen LogP contribution in [0.1, 0.15) is 31.8 Å². The van der Waals surface area contributed by atoms with Gasteiger partial charge in [0.2, 0.25) is 0 Å². The van der Waals surface area contributed by atoms with Gasteiger partial charge in [0.1, 0.15) is 6.04 Å². The minimum Gasteiger partial charge on any atom is -0.467 e. The van der Waals surface area contributed by atoms with Gasteiger partial charge in [-0.05, 0) is 48.5 Å². The van der Waals surface area contributed by atoms with E-state index in [1.165, 1.54) is 4.90 Å². The van der Waals surface area contributed by atoms with Gasteiger partial charge in [-0.15, -0.1) is 0 Å². The number of alkyl halides is 6. The zero-order chi connectivity index (χ0) is 25.3. The lowest BCUT2D eigenvalue weighted by atomic mass is 10.1. The molecule has 1 saturated heterocycles. The molecule has 2 amide bonds. The van der Waals surface area contributed by atoms with Gasteiger partial charge in [0, 0.05) is 24.2 Å². The Morgan fingerprint density at radius 3 is 1.62 bits per heavy atom. The van der Waals surface area contributed by atoms with E-state index in [0.717, 1.165) is 60.5 Å². The highest BCUT2D eigenvalue weighted by Crippen LogP contribution is 2.30. The van der Waals surface area contributed by atoms with Gasteiger partial charge in [0.15, 0.2) is 0 Å². The van der Waals surface area contributed by atoms with Crippen LogP contribution in [0.5, 0.6) is 0 Å². The number of rotatable bonds is 3. The van der Waals surface area contributed by atoms with E-state index in [-0.39, 0.29) is 30.8 Å². The molecule has 34 heavy (non-hydrogen) atoms. The molecule has 182 valence electrons. The normalized spacial score (nSPS) is 16.9. The smallest absolute Gasteiger partial charge is 0.416 e. The predicted octanol–water partition coefficient (Wildman–Crippen LogP) is 3.86. The highest BCUT2D eigenvalue weighted by molar-refractivity contribution is 5.98. The summed E-state index contributed by atoms with van der Waals surface area (Å²) in [6.45, 7) is -0.509. The van der Waals surface area contributed by atoms with Crippen LogP contribution in [0.25, 0.3) is 0 Å². The molecule has 1 atom stereocenters. The molecule has 0 aromatic heterocycles. The summed E-state index contributed by atoms with van der Waals surface area (Å²) < 4.78 is 81.3. The van der Waals surface area contributed by atoms with Crippen LogP contribution in [0.15, 0.2) is 48.5 Å². The molecule has 1 fully saturated rings. The Morgan fingerprint density at radius 1 is 0.765 bits per heavy atom. The summed E-state index contributed by atoms with van der Waals surface area (Å²) in [6, 6.07) is 5.74. The van der Waals surface area contributed by atoms with Gasteiger partial charge in [0.05, 0.1) is 24.8 Å². The summed E-state index contributed by atoms with van der Waals surface area (Å²) in [5.74, 6) is -2.24. The maximum atomic E-state index is 12.9. The maximum Gasteiger partial charge on any atom is 0.416 e. The first-order valence-electron chi connectivity index (χ1n) is 9.85. The molecular formula is C22H18F6N2O4. The number of esters is 1. The van der Waals surface area contributed by atoms with E-state index in [0.29, 0.717) is 0 Å². The quantitative estimate of drug-likeness (QED) is 0.486. The molecule has 0 bridgehead atoms. The number of benzene rings is 2. The van der Waals surface area contributed by atoms with Crippen LogP contribution in [0, 0.1) is 0 Å². The van der Waals surface area contributed by atoms with E-state index in [4.69, 9.17) is 4.74 Å². The third kappa shape index (κ3) is 5.32. The monoisotopic (exact) mass is 488 g/mol. The molecule has 0 aliphatic carbocycles. The first-order chi connectivity index (χ1) is 15.8. The Morgan fingerprint density at radius 2 is 1.21 bits per heavy atom. The van der Waals surface area contributed by atoms with Crippen molar-refractivity contribution in [2.75, 3.05) is 26.7 Å². The summed E-state index contributed by atoms with van der Waals surface area (Å²) in [6.07, 6.45) is -9.15. The summed E-state index contributed by atoms with van der Waals surface area (Å²) in [5.41, 5.74) is -2.01. The van der Waals surface area contributed by atoms with Crippen molar-refractivity contribution >= 4 is 17.8 Å². The van der Waals surface area contributed by atoms with Gasteiger partial charge in [-0.1, -0.05) is 0 Å². The van der Waals surface area contributed by atoms with E-state index < -0.39 is 47.3 Å². The van der Waals surface area contributed by atoms with Gasteiger partial charge < -0.3 is 14.5 Å². The molecule has 1 aliphatic heterocycles. The zero-order valence-electron chi connectivity index (χ0n) is 17.6. The number of hydrogen-bond acceptors (Lipinski definition) is 4. The van der Waals surface area contributed by atoms with Crippen LogP contribution in [0.2, 0.25) is 0 Å². The van der Waals surface area contributed by atoms with Crippen molar-refractivity contribution in [1.29, 1.82) is 0 Å². The van der Waals surface area contributed by atoms with Gasteiger partial charge >= 0.3 is 18.3 Å². The number of amides is 2. The number of carbonyl (C=O) groups is 3. The molecule has 3 rings (SSSR count). The van der Waals surface area contributed by atoms with Crippen LogP contribution in [0.4, 0.5) is 26.3 Å². The van der Waals surface area contributed by atoms with E-state index in [9.17, 15) is 40.7 Å². The Hall–Kier alpha value is -3.57. The second-order valence-corrected chi connectivity index (χ2v) is 7.44. The molecule has 1 aliphatic rings. The first kappa shape index (κ1) is 25.1. The second kappa shape index (κ2) is 9.35. The Kier molecular flexibility index (Phi) is 6.89. The van der Waals surface area contributed by atoms with Crippen molar-refractivity contribution in [3.63, 3.8) is 0 Å².